The largest absolute Gasteiger partial charge is 0.370 e. The molecule has 0 spiro atoms. The molecule has 1 aromatic rings. The molecule has 94 valence electrons. The maximum Gasteiger partial charge on any atom is 0.164 e. The lowest BCUT2D eigenvalue weighted by molar-refractivity contribution is -0.0316. The first-order valence-corrected chi connectivity index (χ1v) is 5.86. The fraction of sp³-hybridized carbons (Fsp3) is 0.538. The van der Waals surface area contributed by atoms with E-state index in [4.69, 9.17) is 4.74 Å². The number of hydrogen-bond donors (Lipinski definition) is 1. The highest BCUT2D eigenvalue weighted by Crippen LogP contribution is 2.27. The SMILES string of the molecule is CCC1(C)COC(c2cccc(F)c2F)CN1. The zero-order valence-corrected chi connectivity index (χ0v) is 10.1. The molecule has 0 amide bonds. The quantitative estimate of drug-likeness (QED) is 0.859. The fourth-order valence-corrected chi connectivity index (χ4v) is 1.93. The number of morpholine rings is 1. The maximum atomic E-state index is 13.6. The monoisotopic (exact) mass is 241 g/mol. The third-order valence-electron chi connectivity index (χ3n) is 3.43. The molecule has 2 nitrogen and oxygen atoms in total. The normalized spacial score (nSPS) is 29.3. The summed E-state index contributed by atoms with van der Waals surface area (Å²) >= 11 is 0. The van der Waals surface area contributed by atoms with E-state index in [9.17, 15) is 8.78 Å². The molecule has 2 atom stereocenters. The van der Waals surface area contributed by atoms with E-state index in [1.165, 1.54) is 6.07 Å². The molecule has 4 heteroatoms. The number of rotatable bonds is 2. The summed E-state index contributed by atoms with van der Waals surface area (Å²) in [6.45, 7) is 5.14. The van der Waals surface area contributed by atoms with E-state index in [1.807, 2.05) is 0 Å². The van der Waals surface area contributed by atoms with Crippen LogP contribution in [0.25, 0.3) is 0 Å². The summed E-state index contributed by atoms with van der Waals surface area (Å²) in [6, 6.07) is 4.19. The van der Waals surface area contributed by atoms with Crippen molar-refractivity contribution in [3.8, 4) is 0 Å². The molecule has 1 fully saturated rings. The Morgan fingerprint density at radius 2 is 2.24 bits per heavy atom. The number of ether oxygens (including phenoxy) is 1. The predicted molar refractivity (Wildman–Crippen MR) is 61.7 cm³/mol. The van der Waals surface area contributed by atoms with E-state index in [0.717, 1.165) is 12.5 Å². The highest BCUT2D eigenvalue weighted by atomic mass is 19.2. The predicted octanol–water partition coefficient (Wildman–Crippen LogP) is 2.79. The van der Waals surface area contributed by atoms with E-state index in [2.05, 4.69) is 19.2 Å². The van der Waals surface area contributed by atoms with Crippen molar-refractivity contribution in [1.29, 1.82) is 0 Å². The molecule has 0 bridgehead atoms. The third kappa shape index (κ3) is 2.48. The van der Waals surface area contributed by atoms with Crippen molar-refractivity contribution in [3.63, 3.8) is 0 Å². The fourth-order valence-electron chi connectivity index (χ4n) is 1.93. The Morgan fingerprint density at radius 3 is 2.82 bits per heavy atom. The average molecular weight is 241 g/mol. The van der Waals surface area contributed by atoms with E-state index in [-0.39, 0.29) is 11.1 Å². The molecule has 1 saturated heterocycles. The van der Waals surface area contributed by atoms with E-state index < -0.39 is 17.7 Å². The van der Waals surface area contributed by atoms with Crippen LogP contribution in [0.3, 0.4) is 0 Å². The Kier molecular flexibility index (Phi) is 3.45. The third-order valence-corrected chi connectivity index (χ3v) is 3.43. The van der Waals surface area contributed by atoms with Gasteiger partial charge in [-0.1, -0.05) is 19.1 Å². The molecule has 0 radical (unpaired) electrons. The molecule has 1 aliphatic heterocycles. The highest BCUT2D eigenvalue weighted by molar-refractivity contribution is 5.22. The van der Waals surface area contributed by atoms with Crippen molar-refractivity contribution in [2.24, 2.45) is 0 Å². The molecule has 0 aromatic heterocycles. The second-order valence-electron chi connectivity index (χ2n) is 4.74. The van der Waals surface area contributed by atoms with Crippen molar-refractivity contribution < 1.29 is 13.5 Å². The lowest BCUT2D eigenvalue weighted by Crippen LogP contribution is -2.52. The Labute approximate surface area is 100.0 Å². The molecule has 2 rings (SSSR count). The smallest absolute Gasteiger partial charge is 0.164 e. The minimum Gasteiger partial charge on any atom is -0.370 e. The van der Waals surface area contributed by atoms with Crippen LogP contribution in [0, 0.1) is 11.6 Å². The first-order valence-electron chi connectivity index (χ1n) is 5.86. The molecular weight excluding hydrogens is 224 g/mol. The topological polar surface area (TPSA) is 21.3 Å². The molecular formula is C13H17F2NO. The summed E-state index contributed by atoms with van der Waals surface area (Å²) in [4.78, 5) is 0. The van der Waals surface area contributed by atoms with Gasteiger partial charge in [0.15, 0.2) is 11.6 Å². The molecule has 17 heavy (non-hydrogen) atoms. The van der Waals surface area contributed by atoms with Crippen molar-refractivity contribution >= 4 is 0 Å². The summed E-state index contributed by atoms with van der Waals surface area (Å²) in [5, 5.41) is 3.33. The second kappa shape index (κ2) is 4.70. The molecule has 2 unspecified atom stereocenters. The van der Waals surface area contributed by atoms with Crippen molar-refractivity contribution in [3.05, 3.63) is 35.4 Å². The van der Waals surface area contributed by atoms with Crippen LogP contribution in [0.2, 0.25) is 0 Å². The minimum atomic E-state index is -0.824. The zero-order valence-electron chi connectivity index (χ0n) is 10.1. The summed E-state index contributed by atoms with van der Waals surface area (Å²) in [5.41, 5.74) is 0.218. The van der Waals surface area contributed by atoms with Gasteiger partial charge < -0.3 is 10.1 Å². The van der Waals surface area contributed by atoms with Gasteiger partial charge in [0.25, 0.3) is 0 Å². The van der Waals surface area contributed by atoms with Gasteiger partial charge in [0.2, 0.25) is 0 Å². The second-order valence-corrected chi connectivity index (χ2v) is 4.74. The first kappa shape index (κ1) is 12.5. The molecule has 1 aromatic carbocycles. The highest BCUT2D eigenvalue weighted by Gasteiger charge is 2.31. The van der Waals surface area contributed by atoms with Crippen molar-refractivity contribution in [2.75, 3.05) is 13.2 Å². The van der Waals surface area contributed by atoms with Gasteiger partial charge in [0.1, 0.15) is 0 Å². The standard InChI is InChI=1S/C13H17F2NO/c1-3-13(2)8-17-11(7-16-13)9-5-4-6-10(14)12(9)15/h4-6,11,16H,3,7-8H2,1-2H3. The van der Waals surface area contributed by atoms with Gasteiger partial charge in [-0.2, -0.15) is 0 Å². The minimum absolute atomic E-state index is 0.0691. The Balaban J connectivity index is 2.13. The number of halogens is 2. The lowest BCUT2D eigenvalue weighted by atomic mass is 9.96. The summed E-state index contributed by atoms with van der Waals surface area (Å²) in [6.07, 6.45) is 0.524. The number of benzene rings is 1. The van der Waals surface area contributed by atoms with Crippen LogP contribution in [-0.4, -0.2) is 18.7 Å². The Morgan fingerprint density at radius 1 is 1.47 bits per heavy atom. The zero-order chi connectivity index (χ0) is 12.5. The van der Waals surface area contributed by atoms with Crippen LogP contribution in [0.1, 0.15) is 31.9 Å². The van der Waals surface area contributed by atoms with Gasteiger partial charge in [-0.25, -0.2) is 8.78 Å². The van der Waals surface area contributed by atoms with E-state index in [1.54, 1.807) is 6.07 Å². The van der Waals surface area contributed by atoms with Gasteiger partial charge in [0.05, 0.1) is 12.7 Å². The molecule has 1 aliphatic rings. The summed E-state index contributed by atoms with van der Waals surface area (Å²) in [5.74, 6) is -1.63. The van der Waals surface area contributed by atoms with Crippen molar-refractivity contribution in [1.82, 2.24) is 5.32 Å². The lowest BCUT2D eigenvalue weighted by Gasteiger charge is -2.38. The van der Waals surface area contributed by atoms with Crippen LogP contribution >= 0.6 is 0 Å². The number of nitrogens with one attached hydrogen (secondary N) is 1. The summed E-state index contributed by atoms with van der Waals surface area (Å²) < 4.78 is 32.3. The summed E-state index contributed by atoms with van der Waals surface area (Å²) in [7, 11) is 0. The van der Waals surface area contributed by atoms with Gasteiger partial charge >= 0.3 is 0 Å². The van der Waals surface area contributed by atoms with Crippen LogP contribution < -0.4 is 5.32 Å². The average Bonchev–Trinajstić information content (AvgIpc) is 2.34. The van der Waals surface area contributed by atoms with Crippen LogP contribution in [-0.2, 0) is 4.74 Å². The van der Waals surface area contributed by atoms with Gasteiger partial charge in [-0.3, -0.25) is 0 Å². The first-order chi connectivity index (χ1) is 8.06. The van der Waals surface area contributed by atoms with Crippen LogP contribution in [0.5, 0.6) is 0 Å². The maximum absolute atomic E-state index is 13.6. The molecule has 1 N–H and O–H groups in total. The van der Waals surface area contributed by atoms with E-state index >= 15 is 0 Å². The molecule has 0 aliphatic carbocycles. The molecule has 0 saturated carbocycles. The van der Waals surface area contributed by atoms with E-state index in [0.29, 0.717) is 13.2 Å². The van der Waals surface area contributed by atoms with Crippen LogP contribution in [0.4, 0.5) is 8.78 Å². The molecule has 1 heterocycles. The van der Waals surface area contributed by atoms with Crippen molar-refractivity contribution in [2.45, 2.75) is 31.9 Å². The van der Waals surface area contributed by atoms with Gasteiger partial charge in [-0.05, 0) is 19.4 Å². The van der Waals surface area contributed by atoms with Crippen LogP contribution in [0.15, 0.2) is 18.2 Å². The van der Waals surface area contributed by atoms with Gasteiger partial charge in [-0.15, -0.1) is 0 Å². The van der Waals surface area contributed by atoms with Gasteiger partial charge in [0, 0.05) is 17.6 Å². The number of hydrogen-bond acceptors (Lipinski definition) is 2. The Hall–Kier alpha value is -1.00. The Bertz CT molecular complexity index is 400.